The van der Waals surface area contributed by atoms with Crippen LogP contribution in [-0.2, 0) is 0 Å². The van der Waals surface area contributed by atoms with Crippen LogP contribution in [0.2, 0.25) is 10.0 Å². The van der Waals surface area contributed by atoms with Gasteiger partial charge in [-0.1, -0.05) is 37.0 Å². The van der Waals surface area contributed by atoms with Crippen LogP contribution in [-0.4, -0.2) is 7.05 Å². The third kappa shape index (κ3) is 2.22. The van der Waals surface area contributed by atoms with E-state index in [0.29, 0.717) is 17.4 Å². The predicted molar refractivity (Wildman–Crippen MR) is 70.2 cm³/mol. The lowest BCUT2D eigenvalue weighted by Crippen LogP contribution is -2.20. The second kappa shape index (κ2) is 4.21. The minimum absolute atomic E-state index is 0.307. The first kappa shape index (κ1) is 12.2. The summed E-state index contributed by atoms with van der Waals surface area (Å²) in [4.78, 5) is 0. The van der Waals surface area contributed by atoms with Gasteiger partial charge in [0.05, 0.1) is 0 Å². The van der Waals surface area contributed by atoms with Crippen molar-refractivity contribution in [3.8, 4) is 0 Å². The van der Waals surface area contributed by atoms with Crippen molar-refractivity contribution in [1.82, 2.24) is 5.32 Å². The van der Waals surface area contributed by atoms with E-state index < -0.39 is 0 Å². The standard InChI is InChI=1S/C13H17Cl2N/c1-13(2)7-10(13)12(16-3)9-6-8(14)4-5-11(9)15/h4-6,10,12,16H,7H2,1-3H3. The molecule has 0 heterocycles. The van der Waals surface area contributed by atoms with Gasteiger partial charge in [0.15, 0.2) is 0 Å². The molecule has 1 fully saturated rings. The molecule has 0 aromatic heterocycles. The first-order valence-corrected chi connectivity index (χ1v) is 6.33. The van der Waals surface area contributed by atoms with Gasteiger partial charge in [0.1, 0.15) is 0 Å². The highest BCUT2D eigenvalue weighted by Crippen LogP contribution is 2.58. The van der Waals surface area contributed by atoms with Gasteiger partial charge in [0.25, 0.3) is 0 Å². The van der Waals surface area contributed by atoms with Crippen molar-refractivity contribution in [3.05, 3.63) is 33.8 Å². The fourth-order valence-corrected chi connectivity index (χ4v) is 2.82. The first-order valence-electron chi connectivity index (χ1n) is 5.58. The van der Waals surface area contributed by atoms with E-state index >= 15 is 0 Å². The summed E-state index contributed by atoms with van der Waals surface area (Å²) in [7, 11) is 1.98. The summed E-state index contributed by atoms with van der Waals surface area (Å²) < 4.78 is 0. The molecule has 3 heteroatoms. The summed E-state index contributed by atoms with van der Waals surface area (Å²) in [5.41, 5.74) is 1.53. The maximum atomic E-state index is 6.24. The SMILES string of the molecule is CNC(c1cc(Cl)ccc1Cl)C1CC1(C)C. The lowest BCUT2D eigenvalue weighted by atomic mass is 9.97. The second-order valence-electron chi connectivity index (χ2n) is 5.23. The molecule has 0 saturated heterocycles. The highest BCUT2D eigenvalue weighted by Gasteiger charge is 2.50. The molecule has 0 bridgehead atoms. The van der Waals surface area contributed by atoms with Gasteiger partial charge in [0, 0.05) is 16.1 Å². The summed E-state index contributed by atoms with van der Waals surface area (Å²) >= 11 is 12.3. The molecule has 2 rings (SSSR count). The van der Waals surface area contributed by atoms with Crippen LogP contribution in [0.3, 0.4) is 0 Å². The molecule has 1 N–H and O–H groups in total. The van der Waals surface area contributed by atoms with Crippen LogP contribution in [0.15, 0.2) is 18.2 Å². The lowest BCUT2D eigenvalue weighted by molar-refractivity contribution is 0.441. The van der Waals surface area contributed by atoms with E-state index in [9.17, 15) is 0 Å². The van der Waals surface area contributed by atoms with Crippen LogP contribution in [0.4, 0.5) is 0 Å². The zero-order valence-electron chi connectivity index (χ0n) is 9.85. The monoisotopic (exact) mass is 257 g/mol. The van der Waals surface area contributed by atoms with E-state index in [-0.39, 0.29) is 0 Å². The van der Waals surface area contributed by atoms with Crippen molar-refractivity contribution in [2.45, 2.75) is 26.3 Å². The summed E-state index contributed by atoms with van der Waals surface area (Å²) in [5.74, 6) is 0.647. The highest BCUT2D eigenvalue weighted by molar-refractivity contribution is 6.33. The number of halogens is 2. The number of benzene rings is 1. The maximum absolute atomic E-state index is 6.24. The van der Waals surface area contributed by atoms with Crippen molar-refractivity contribution >= 4 is 23.2 Å². The van der Waals surface area contributed by atoms with Gasteiger partial charge in [-0.2, -0.15) is 0 Å². The molecule has 1 aliphatic rings. The summed E-state index contributed by atoms with van der Waals surface area (Å²) in [6.07, 6.45) is 1.24. The van der Waals surface area contributed by atoms with E-state index in [0.717, 1.165) is 15.6 Å². The maximum Gasteiger partial charge on any atom is 0.0454 e. The molecule has 1 aliphatic carbocycles. The molecule has 2 unspecified atom stereocenters. The Hall–Kier alpha value is -0.240. The molecular weight excluding hydrogens is 241 g/mol. The van der Waals surface area contributed by atoms with E-state index in [4.69, 9.17) is 23.2 Å². The predicted octanol–water partition coefficient (Wildman–Crippen LogP) is 4.30. The molecule has 88 valence electrons. The molecule has 2 atom stereocenters. The number of nitrogens with one attached hydrogen (secondary N) is 1. The zero-order chi connectivity index (χ0) is 11.9. The Morgan fingerprint density at radius 3 is 2.50 bits per heavy atom. The van der Waals surface area contributed by atoms with Crippen LogP contribution < -0.4 is 5.32 Å². The normalized spacial score (nSPS) is 24.2. The topological polar surface area (TPSA) is 12.0 Å². The molecule has 1 aromatic rings. The average Bonchev–Trinajstić information content (AvgIpc) is 2.82. The number of hydrogen-bond acceptors (Lipinski definition) is 1. The Labute approximate surface area is 107 Å². The Kier molecular flexibility index (Phi) is 3.22. The molecule has 16 heavy (non-hydrogen) atoms. The molecule has 0 aliphatic heterocycles. The van der Waals surface area contributed by atoms with Gasteiger partial charge in [-0.05, 0) is 48.6 Å². The fraction of sp³-hybridized carbons (Fsp3) is 0.538. The molecule has 0 spiro atoms. The van der Waals surface area contributed by atoms with Gasteiger partial charge >= 0.3 is 0 Å². The molecule has 0 radical (unpaired) electrons. The molecular formula is C13H17Cl2N. The lowest BCUT2D eigenvalue weighted by Gasteiger charge is -2.20. The van der Waals surface area contributed by atoms with Gasteiger partial charge in [0.2, 0.25) is 0 Å². The van der Waals surface area contributed by atoms with Crippen molar-refractivity contribution in [2.75, 3.05) is 7.05 Å². The molecule has 1 aromatic carbocycles. The van der Waals surface area contributed by atoms with Crippen LogP contribution in [0.1, 0.15) is 31.9 Å². The summed E-state index contributed by atoms with van der Waals surface area (Å²) in [5, 5.41) is 4.91. The Balaban J connectivity index is 2.30. The smallest absolute Gasteiger partial charge is 0.0454 e. The second-order valence-corrected chi connectivity index (χ2v) is 6.08. The zero-order valence-corrected chi connectivity index (χ0v) is 11.4. The van der Waals surface area contributed by atoms with Gasteiger partial charge < -0.3 is 5.32 Å². The minimum atomic E-state index is 0.307. The van der Waals surface area contributed by atoms with Gasteiger partial charge in [-0.3, -0.25) is 0 Å². The summed E-state index contributed by atoms with van der Waals surface area (Å²) in [6.45, 7) is 4.58. The van der Waals surface area contributed by atoms with Crippen LogP contribution >= 0.6 is 23.2 Å². The van der Waals surface area contributed by atoms with E-state index in [1.165, 1.54) is 6.42 Å². The largest absolute Gasteiger partial charge is 0.313 e. The van der Waals surface area contributed by atoms with E-state index in [1.807, 2.05) is 25.2 Å². The van der Waals surface area contributed by atoms with Gasteiger partial charge in [-0.15, -0.1) is 0 Å². The first-order chi connectivity index (χ1) is 7.45. The highest BCUT2D eigenvalue weighted by atomic mass is 35.5. The molecule has 1 nitrogen and oxygen atoms in total. The van der Waals surface area contributed by atoms with Gasteiger partial charge in [-0.25, -0.2) is 0 Å². The van der Waals surface area contributed by atoms with E-state index in [1.54, 1.807) is 0 Å². The van der Waals surface area contributed by atoms with Crippen LogP contribution in [0, 0.1) is 11.3 Å². The Bertz CT molecular complexity index is 401. The van der Waals surface area contributed by atoms with Crippen molar-refractivity contribution in [2.24, 2.45) is 11.3 Å². The van der Waals surface area contributed by atoms with Crippen molar-refractivity contribution in [1.29, 1.82) is 0 Å². The fourth-order valence-electron chi connectivity index (χ4n) is 2.40. The quantitative estimate of drug-likeness (QED) is 0.852. The van der Waals surface area contributed by atoms with Crippen molar-refractivity contribution in [3.63, 3.8) is 0 Å². The van der Waals surface area contributed by atoms with E-state index in [2.05, 4.69) is 19.2 Å². The Morgan fingerprint density at radius 2 is 2.00 bits per heavy atom. The molecule has 0 amide bonds. The molecule has 1 saturated carbocycles. The Morgan fingerprint density at radius 1 is 1.38 bits per heavy atom. The van der Waals surface area contributed by atoms with Crippen LogP contribution in [0.5, 0.6) is 0 Å². The van der Waals surface area contributed by atoms with Crippen LogP contribution in [0.25, 0.3) is 0 Å². The third-order valence-electron chi connectivity index (χ3n) is 3.60. The number of hydrogen-bond donors (Lipinski definition) is 1. The minimum Gasteiger partial charge on any atom is -0.313 e. The van der Waals surface area contributed by atoms with Crippen molar-refractivity contribution < 1.29 is 0 Å². The number of rotatable bonds is 3. The average molecular weight is 258 g/mol. The summed E-state index contributed by atoms with van der Waals surface area (Å²) in [6, 6.07) is 5.98. The third-order valence-corrected chi connectivity index (χ3v) is 4.18.